The standard InChI is InChI=1S/C16H19N5O2/c1-9-10(2)18-13-5-4-11(8-12(9)13)15(22)17-7-6-14-19-20-16(23)21(14)3/h4-5,8,18H,6-7H2,1-3H3,(H,17,22)(H,20,23). The summed E-state index contributed by atoms with van der Waals surface area (Å²) in [5.41, 5.74) is 3.66. The zero-order chi connectivity index (χ0) is 16.6. The van der Waals surface area contributed by atoms with Crippen LogP contribution in [-0.2, 0) is 13.5 Å². The lowest BCUT2D eigenvalue weighted by molar-refractivity contribution is 0.0954. The lowest BCUT2D eigenvalue weighted by Gasteiger charge is -2.05. The topological polar surface area (TPSA) is 95.6 Å². The van der Waals surface area contributed by atoms with Crippen LogP contribution in [0.15, 0.2) is 23.0 Å². The van der Waals surface area contributed by atoms with Gasteiger partial charge in [0.2, 0.25) is 0 Å². The number of hydrogen-bond acceptors (Lipinski definition) is 3. The average Bonchev–Trinajstić information content (AvgIpc) is 3.00. The molecule has 7 heteroatoms. The van der Waals surface area contributed by atoms with Crippen molar-refractivity contribution in [2.75, 3.05) is 6.54 Å². The number of H-pyrrole nitrogens is 2. The SMILES string of the molecule is Cc1[nH]c2ccc(C(=O)NCCc3n[nH]c(=O)n3C)cc2c1C. The van der Waals surface area contributed by atoms with E-state index < -0.39 is 0 Å². The quantitative estimate of drug-likeness (QED) is 0.675. The molecule has 0 aliphatic carbocycles. The molecule has 0 fully saturated rings. The number of aryl methyl sites for hydroxylation is 2. The van der Waals surface area contributed by atoms with Crippen molar-refractivity contribution in [2.45, 2.75) is 20.3 Å². The van der Waals surface area contributed by atoms with Crippen LogP contribution in [0.2, 0.25) is 0 Å². The van der Waals surface area contributed by atoms with Crippen molar-refractivity contribution in [3.63, 3.8) is 0 Å². The van der Waals surface area contributed by atoms with Gasteiger partial charge in [0.25, 0.3) is 5.91 Å². The Morgan fingerprint density at radius 1 is 1.35 bits per heavy atom. The molecule has 0 unspecified atom stereocenters. The molecule has 3 N–H and O–H groups in total. The predicted molar refractivity (Wildman–Crippen MR) is 87.6 cm³/mol. The number of nitrogens with one attached hydrogen (secondary N) is 3. The molecule has 23 heavy (non-hydrogen) atoms. The van der Waals surface area contributed by atoms with Crippen LogP contribution in [0, 0.1) is 13.8 Å². The summed E-state index contributed by atoms with van der Waals surface area (Å²) < 4.78 is 1.43. The lowest BCUT2D eigenvalue weighted by Crippen LogP contribution is -2.26. The van der Waals surface area contributed by atoms with E-state index in [1.165, 1.54) is 4.57 Å². The van der Waals surface area contributed by atoms with Crippen LogP contribution in [-0.4, -0.2) is 32.2 Å². The Hall–Kier alpha value is -2.83. The zero-order valence-corrected chi connectivity index (χ0v) is 13.4. The van der Waals surface area contributed by atoms with E-state index in [0.717, 1.165) is 22.2 Å². The third-order valence-corrected chi connectivity index (χ3v) is 4.18. The van der Waals surface area contributed by atoms with Crippen molar-refractivity contribution in [1.29, 1.82) is 0 Å². The van der Waals surface area contributed by atoms with Gasteiger partial charge < -0.3 is 10.3 Å². The molecule has 3 aromatic rings. The lowest BCUT2D eigenvalue weighted by atomic mass is 10.1. The largest absolute Gasteiger partial charge is 0.358 e. The fraction of sp³-hybridized carbons (Fsp3) is 0.312. The van der Waals surface area contributed by atoms with Crippen LogP contribution < -0.4 is 11.0 Å². The van der Waals surface area contributed by atoms with Crippen LogP contribution in [0.5, 0.6) is 0 Å². The van der Waals surface area contributed by atoms with Gasteiger partial charge in [0.05, 0.1) is 0 Å². The third-order valence-electron chi connectivity index (χ3n) is 4.18. The van der Waals surface area contributed by atoms with Crippen LogP contribution in [0.25, 0.3) is 10.9 Å². The highest BCUT2D eigenvalue weighted by molar-refractivity contribution is 5.99. The molecule has 0 atom stereocenters. The number of carbonyl (C=O) groups excluding carboxylic acids is 1. The van der Waals surface area contributed by atoms with E-state index in [4.69, 9.17) is 0 Å². The van der Waals surface area contributed by atoms with E-state index in [1.807, 2.05) is 26.0 Å². The maximum atomic E-state index is 12.3. The molecule has 7 nitrogen and oxygen atoms in total. The molecular weight excluding hydrogens is 294 g/mol. The van der Waals surface area contributed by atoms with Gasteiger partial charge in [-0.1, -0.05) is 0 Å². The Morgan fingerprint density at radius 3 is 2.83 bits per heavy atom. The van der Waals surface area contributed by atoms with Gasteiger partial charge in [-0.05, 0) is 37.6 Å². The molecule has 0 radical (unpaired) electrons. The Morgan fingerprint density at radius 2 is 2.13 bits per heavy atom. The summed E-state index contributed by atoms with van der Waals surface area (Å²) >= 11 is 0. The number of aromatic amines is 2. The first kappa shape index (κ1) is 15.1. The molecule has 1 amide bonds. The van der Waals surface area contributed by atoms with Gasteiger partial charge in [0.1, 0.15) is 5.82 Å². The van der Waals surface area contributed by atoms with Gasteiger partial charge in [-0.25, -0.2) is 9.89 Å². The highest BCUT2D eigenvalue weighted by atomic mass is 16.2. The van der Waals surface area contributed by atoms with Crippen molar-refractivity contribution in [3.8, 4) is 0 Å². The molecule has 0 saturated carbocycles. The number of carbonyl (C=O) groups is 1. The maximum Gasteiger partial charge on any atom is 0.343 e. The number of aromatic nitrogens is 4. The maximum absolute atomic E-state index is 12.3. The summed E-state index contributed by atoms with van der Waals surface area (Å²) in [6.07, 6.45) is 0.492. The van der Waals surface area contributed by atoms with Gasteiger partial charge in [-0.15, -0.1) is 0 Å². The van der Waals surface area contributed by atoms with Crippen molar-refractivity contribution >= 4 is 16.8 Å². The first-order valence-corrected chi connectivity index (χ1v) is 7.45. The van der Waals surface area contributed by atoms with Crippen molar-refractivity contribution < 1.29 is 4.79 Å². The first-order valence-electron chi connectivity index (χ1n) is 7.45. The second-order valence-electron chi connectivity index (χ2n) is 5.65. The number of benzene rings is 1. The van der Waals surface area contributed by atoms with E-state index in [1.54, 1.807) is 13.1 Å². The molecule has 120 valence electrons. The Bertz CT molecular complexity index is 932. The number of fused-ring (bicyclic) bond motifs is 1. The van der Waals surface area contributed by atoms with E-state index in [0.29, 0.717) is 24.4 Å². The van der Waals surface area contributed by atoms with Crippen LogP contribution in [0.4, 0.5) is 0 Å². The molecule has 0 aliphatic rings. The van der Waals surface area contributed by atoms with Crippen LogP contribution in [0.1, 0.15) is 27.4 Å². The molecule has 0 saturated heterocycles. The minimum absolute atomic E-state index is 0.134. The summed E-state index contributed by atoms with van der Waals surface area (Å²) in [5, 5.41) is 10.2. The fourth-order valence-electron chi connectivity index (χ4n) is 2.60. The number of hydrogen-bond donors (Lipinski definition) is 3. The van der Waals surface area contributed by atoms with E-state index in [-0.39, 0.29) is 11.6 Å². The summed E-state index contributed by atoms with van der Waals surface area (Å²) in [4.78, 5) is 26.8. The van der Waals surface area contributed by atoms with Gasteiger partial charge >= 0.3 is 5.69 Å². The second-order valence-corrected chi connectivity index (χ2v) is 5.65. The Kier molecular flexibility index (Phi) is 3.77. The van der Waals surface area contributed by atoms with E-state index in [2.05, 4.69) is 20.5 Å². The van der Waals surface area contributed by atoms with Crippen molar-refractivity contribution in [2.24, 2.45) is 7.05 Å². The summed E-state index contributed by atoms with van der Waals surface area (Å²) in [6, 6.07) is 5.62. The fourth-order valence-corrected chi connectivity index (χ4v) is 2.60. The molecule has 2 aromatic heterocycles. The van der Waals surface area contributed by atoms with Gasteiger partial charge in [-0.2, -0.15) is 5.10 Å². The Labute approximate surface area is 132 Å². The molecular formula is C16H19N5O2. The normalized spacial score (nSPS) is 11.1. The summed E-state index contributed by atoms with van der Waals surface area (Å²) in [5.74, 6) is 0.480. The molecule has 1 aromatic carbocycles. The monoisotopic (exact) mass is 313 g/mol. The number of rotatable bonds is 4. The summed E-state index contributed by atoms with van der Waals surface area (Å²) in [6.45, 7) is 4.47. The second kappa shape index (κ2) is 5.75. The minimum Gasteiger partial charge on any atom is -0.358 e. The number of nitrogens with zero attached hydrogens (tertiary/aromatic N) is 2. The highest BCUT2D eigenvalue weighted by Gasteiger charge is 2.10. The summed E-state index contributed by atoms with van der Waals surface area (Å²) in [7, 11) is 1.65. The molecule has 0 bridgehead atoms. The van der Waals surface area contributed by atoms with Crippen molar-refractivity contribution in [1.82, 2.24) is 25.1 Å². The third kappa shape index (κ3) is 2.77. The predicted octanol–water partition coefficient (Wildman–Crippen LogP) is 1.18. The molecule has 0 spiro atoms. The van der Waals surface area contributed by atoms with Gasteiger partial charge in [-0.3, -0.25) is 9.36 Å². The first-order chi connectivity index (χ1) is 11.0. The average molecular weight is 313 g/mol. The van der Waals surface area contributed by atoms with Gasteiger partial charge in [0, 0.05) is 42.2 Å². The van der Waals surface area contributed by atoms with Crippen molar-refractivity contribution in [3.05, 3.63) is 51.3 Å². The molecule has 0 aliphatic heterocycles. The number of amides is 1. The van der Waals surface area contributed by atoms with Crippen LogP contribution >= 0.6 is 0 Å². The highest BCUT2D eigenvalue weighted by Crippen LogP contribution is 2.22. The van der Waals surface area contributed by atoms with Crippen LogP contribution in [0.3, 0.4) is 0 Å². The molecule has 3 rings (SSSR count). The smallest absolute Gasteiger partial charge is 0.343 e. The van der Waals surface area contributed by atoms with E-state index in [9.17, 15) is 9.59 Å². The van der Waals surface area contributed by atoms with E-state index >= 15 is 0 Å². The minimum atomic E-state index is -0.255. The Balaban J connectivity index is 1.69. The zero-order valence-electron chi connectivity index (χ0n) is 13.4. The molecule has 2 heterocycles. The van der Waals surface area contributed by atoms with Gasteiger partial charge in [0.15, 0.2) is 0 Å².